The topological polar surface area (TPSA) is 46.4 Å². The van der Waals surface area contributed by atoms with Crippen molar-refractivity contribution in [2.45, 2.75) is 12.5 Å². The number of fused-ring (bicyclic) bond motifs is 1. The number of hydrogen-bond acceptors (Lipinski definition) is 2. The summed E-state index contributed by atoms with van der Waals surface area (Å²) in [6.07, 6.45) is 3.82. The summed E-state index contributed by atoms with van der Waals surface area (Å²) in [5.41, 5.74) is 3.55. The molecule has 0 saturated carbocycles. The van der Waals surface area contributed by atoms with Gasteiger partial charge in [-0.25, -0.2) is 4.98 Å². The van der Waals surface area contributed by atoms with E-state index in [4.69, 9.17) is 11.6 Å². The predicted octanol–water partition coefficient (Wildman–Crippen LogP) is 4.44. The summed E-state index contributed by atoms with van der Waals surface area (Å²) in [5, 5.41) is 3.77. The average molecular weight is 376 g/mol. The van der Waals surface area contributed by atoms with Crippen LogP contribution >= 0.6 is 11.6 Å². The minimum absolute atomic E-state index is 0.0813. The summed E-state index contributed by atoms with van der Waals surface area (Å²) in [5.74, 6) is -0.0813. The normalized spacial score (nSPS) is 11.0. The minimum atomic E-state index is -0.202. The maximum Gasteiger partial charge on any atom is 0.226 e. The summed E-state index contributed by atoms with van der Waals surface area (Å²) in [6.45, 7) is 0. The van der Waals surface area contributed by atoms with E-state index in [0.717, 1.165) is 16.8 Å². The highest BCUT2D eigenvalue weighted by Crippen LogP contribution is 2.22. The number of imidazole rings is 1. The first kappa shape index (κ1) is 17.3. The lowest BCUT2D eigenvalue weighted by molar-refractivity contribution is -0.121. The first-order valence-corrected chi connectivity index (χ1v) is 9.09. The van der Waals surface area contributed by atoms with Gasteiger partial charge in [-0.15, -0.1) is 0 Å². The van der Waals surface area contributed by atoms with Crippen molar-refractivity contribution in [2.24, 2.45) is 0 Å². The number of aromatic nitrogens is 2. The van der Waals surface area contributed by atoms with Gasteiger partial charge in [0.05, 0.1) is 23.2 Å². The highest BCUT2D eigenvalue weighted by molar-refractivity contribution is 6.30. The van der Waals surface area contributed by atoms with Crippen LogP contribution in [0.3, 0.4) is 0 Å². The fourth-order valence-electron chi connectivity index (χ4n) is 3.13. The summed E-state index contributed by atoms with van der Waals surface area (Å²) >= 11 is 6.01. The van der Waals surface area contributed by atoms with Crippen molar-refractivity contribution in [3.05, 3.63) is 107 Å². The fraction of sp³-hybridized carbons (Fsp3) is 0.0909. The average Bonchev–Trinajstić information content (AvgIpc) is 3.08. The molecule has 0 aliphatic rings. The van der Waals surface area contributed by atoms with Gasteiger partial charge in [-0.05, 0) is 23.3 Å². The molecule has 2 aromatic heterocycles. The lowest BCUT2D eigenvalue weighted by Gasteiger charge is -2.19. The lowest BCUT2D eigenvalue weighted by atomic mass is 9.98. The van der Waals surface area contributed by atoms with Crippen LogP contribution in [0.5, 0.6) is 0 Å². The SMILES string of the molecule is O=C(Cc1cn2cc(Cl)ccc2n1)NC(c1ccccc1)c1ccccc1. The molecule has 0 saturated heterocycles. The van der Waals surface area contributed by atoms with Crippen LogP contribution in [0.4, 0.5) is 0 Å². The number of amides is 1. The Morgan fingerprint density at radius 2 is 1.56 bits per heavy atom. The first-order valence-electron chi connectivity index (χ1n) is 8.71. The molecule has 2 aromatic carbocycles. The number of carbonyl (C=O) groups excluding carboxylic acids is 1. The third-order valence-corrected chi connectivity index (χ3v) is 4.60. The van der Waals surface area contributed by atoms with Crippen LogP contribution in [0.2, 0.25) is 5.02 Å². The molecule has 2 heterocycles. The van der Waals surface area contributed by atoms with Crippen LogP contribution < -0.4 is 5.32 Å². The smallest absolute Gasteiger partial charge is 0.226 e. The third-order valence-electron chi connectivity index (χ3n) is 4.38. The largest absolute Gasteiger partial charge is 0.345 e. The molecule has 4 rings (SSSR count). The quantitative estimate of drug-likeness (QED) is 0.560. The van der Waals surface area contributed by atoms with E-state index in [2.05, 4.69) is 10.3 Å². The molecule has 0 fully saturated rings. The Bertz CT molecular complexity index is 1020. The van der Waals surface area contributed by atoms with Crippen LogP contribution in [-0.2, 0) is 11.2 Å². The predicted molar refractivity (Wildman–Crippen MR) is 107 cm³/mol. The fourth-order valence-corrected chi connectivity index (χ4v) is 3.30. The molecule has 0 aliphatic carbocycles. The van der Waals surface area contributed by atoms with E-state index in [1.54, 1.807) is 12.3 Å². The molecule has 0 aliphatic heterocycles. The molecule has 0 spiro atoms. The maximum absolute atomic E-state index is 12.7. The van der Waals surface area contributed by atoms with Crippen LogP contribution in [-0.4, -0.2) is 15.3 Å². The van der Waals surface area contributed by atoms with Crippen molar-refractivity contribution in [3.8, 4) is 0 Å². The van der Waals surface area contributed by atoms with Gasteiger partial charge in [0, 0.05) is 12.4 Å². The Hall–Kier alpha value is -3.11. The Balaban J connectivity index is 1.56. The van der Waals surface area contributed by atoms with Crippen molar-refractivity contribution in [1.29, 1.82) is 0 Å². The second kappa shape index (κ2) is 7.64. The van der Waals surface area contributed by atoms with E-state index in [9.17, 15) is 4.79 Å². The molecular weight excluding hydrogens is 358 g/mol. The molecule has 1 N–H and O–H groups in total. The van der Waals surface area contributed by atoms with E-state index >= 15 is 0 Å². The highest BCUT2D eigenvalue weighted by Gasteiger charge is 2.17. The van der Waals surface area contributed by atoms with Crippen LogP contribution in [0.25, 0.3) is 5.65 Å². The monoisotopic (exact) mass is 375 g/mol. The van der Waals surface area contributed by atoms with E-state index in [1.165, 1.54) is 0 Å². The van der Waals surface area contributed by atoms with Gasteiger partial charge in [-0.1, -0.05) is 72.3 Å². The number of rotatable bonds is 5. The van der Waals surface area contributed by atoms with Gasteiger partial charge in [0.2, 0.25) is 5.91 Å². The summed E-state index contributed by atoms with van der Waals surface area (Å²) in [7, 11) is 0. The summed E-state index contributed by atoms with van der Waals surface area (Å²) < 4.78 is 1.83. The maximum atomic E-state index is 12.7. The molecule has 134 valence electrons. The Morgan fingerprint density at radius 1 is 0.926 bits per heavy atom. The number of nitrogens with zero attached hydrogens (tertiary/aromatic N) is 2. The van der Waals surface area contributed by atoms with Crippen molar-refractivity contribution in [3.63, 3.8) is 0 Å². The van der Waals surface area contributed by atoms with Gasteiger partial charge in [-0.2, -0.15) is 0 Å². The van der Waals surface area contributed by atoms with Gasteiger partial charge >= 0.3 is 0 Å². The summed E-state index contributed by atoms with van der Waals surface area (Å²) in [4.78, 5) is 17.2. The number of benzene rings is 2. The van der Waals surface area contributed by atoms with Crippen molar-refractivity contribution < 1.29 is 4.79 Å². The number of pyridine rings is 1. The molecule has 0 atom stereocenters. The minimum Gasteiger partial charge on any atom is -0.345 e. The third kappa shape index (κ3) is 4.01. The molecule has 0 radical (unpaired) electrons. The van der Waals surface area contributed by atoms with Crippen LogP contribution in [0, 0.1) is 0 Å². The molecule has 4 aromatic rings. The van der Waals surface area contributed by atoms with Crippen LogP contribution in [0.15, 0.2) is 85.2 Å². The van der Waals surface area contributed by atoms with Crippen LogP contribution in [0.1, 0.15) is 22.9 Å². The van der Waals surface area contributed by atoms with Crippen molar-refractivity contribution >= 4 is 23.2 Å². The zero-order valence-corrected chi connectivity index (χ0v) is 15.3. The second-order valence-corrected chi connectivity index (χ2v) is 6.78. The van der Waals surface area contributed by atoms with E-state index in [1.807, 2.05) is 77.3 Å². The van der Waals surface area contributed by atoms with Gasteiger partial charge in [-0.3, -0.25) is 4.79 Å². The first-order chi connectivity index (χ1) is 13.2. The zero-order valence-electron chi connectivity index (χ0n) is 14.5. The molecule has 5 heteroatoms. The van der Waals surface area contributed by atoms with E-state index in [-0.39, 0.29) is 18.4 Å². The molecule has 27 heavy (non-hydrogen) atoms. The van der Waals surface area contributed by atoms with E-state index in [0.29, 0.717) is 10.7 Å². The van der Waals surface area contributed by atoms with Gasteiger partial charge in [0.1, 0.15) is 5.65 Å². The Morgan fingerprint density at radius 3 is 2.19 bits per heavy atom. The lowest BCUT2D eigenvalue weighted by Crippen LogP contribution is -2.30. The number of hydrogen-bond donors (Lipinski definition) is 1. The Kier molecular flexibility index (Phi) is 4.90. The van der Waals surface area contributed by atoms with Gasteiger partial charge < -0.3 is 9.72 Å². The summed E-state index contributed by atoms with van der Waals surface area (Å²) in [6, 6.07) is 23.3. The second-order valence-electron chi connectivity index (χ2n) is 6.34. The number of nitrogens with one attached hydrogen (secondary N) is 1. The molecule has 4 nitrogen and oxygen atoms in total. The molecule has 0 bridgehead atoms. The van der Waals surface area contributed by atoms with Gasteiger partial charge in [0.25, 0.3) is 0 Å². The number of carbonyl (C=O) groups is 1. The molecule has 0 unspecified atom stereocenters. The zero-order chi connectivity index (χ0) is 18.6. The molecule has 1 amide bonds. The standard InChI is InChI=1S/C22H18ClN3O/c23-18-11-12-20-24-19(15-26(20)14-18)13-21(27)25-22(16-7-3-1-4-8-16)17-9-5-2-6-10-17/h1-12,14-15,22H,13H2,(H,25,27). The van der Waals surface area contributed by atoms with Crippen molar-refractivity contribution in [2.75, 3.05) is 0 Å². The number of halogens is 1. The van der Waals surface area contributed by atoms with Crippen molar-refractivity contribution in [1.82, 2.24) is 14.7 Å². The molecular formula is C22H18ClN3O. The van der Waals surface area contributed by atoms with Gasteiger partial charge in [0.15, 0.2) is 0 Å². The highest BCUT2D eigenvalue weighted by atomic mass is 35.5. The Labute approximate surface area is 162 Å². The van der Waals surface area contributed by atoms with E-state index < -0.39 is 0 Å².